The van der Waals surface area contributed by atoms with Crippen molar-refractivity contribution in [3.63, 3.8) is 0 Å². The van der Waals surface area contributed by atoms with Gasteiger partial charge in [0.05, 0.1) is 5.69 Å². The zero-order valence-corrected chi connectivity index (χ0v) is 18.8. The van der Waals surface area contributed by atoms with Crippen molar-refractivity contribution in [2.75, 3.05) is 14.1 Å². The van der Waals surface area contributed by atoms with Gasteiger partial charge in [-0.2, -0.15) is 0 Å². The molecule has 1 aromatic rings. The van der Waals surface area contributed by atoms with Crippen LogP contribution in [0.15, 0.2) is 0 Å². The number of carbonyl (C=O) groups is 3. The highest BCUT2D eigenvalue weighted by Gasteiger charge is 2.44. The number of rotatable bonds is 12. The molecule has 1 aromatic heterocycles. The number of hydrogen-bond acceptors (Lipinski definition) is 5. The van der Waals surface area contributed by atoms with E-state index in [0.29, 0.717) is 50.8 Å². The number of hydrogen-bond donors (Lipinski definition) is 2. The third kappa shape index (κ3) is 7.11. The highest BCUT2D eigenvalue weighted by molar-refractivity contribution is 5.88. The largest absolute Gasteiger partial charge is 0.359 e. The molecule has 0 saturated heterocycles. The first-order chi connectivity index (χ1) is 14.9. The summed E-state index contributed by atoms with van der Waals surface area (Å²) in [6.45, 7) is 0.478. The summed E-state index contributed by atoms with van der Waals surface area (Å²) >= 11 is 0. The molecule has 1 atom stereocenters. The summed E-state index contributed by atoms with van der Waals surface area (Å²) in [5, 5.41) is 13.4. The normalized spacial score (nSPS) is 18.5. The van der Waals surface area contributed by atoms with Crippen molar-refractivity contribution in [3.8, 4) is 0 Å². The van der Waals surface area contributed by atoms with Gasteiger partial charge < -0.3 is 10.6 Å². The first-order valence-electron chi connectivity index (χ1n) is 11.5. The van der Waals surface area contributed by atoms with E-state index >= 15 is 4.39 Å². The maximum Gasteiger partial charge on any atom is 0.219 e. The van der Waals surface area contributed by atoms with Gasteiger partial charge >= 0.3 is 0 Å². The second-order valence-electron chi connectivity index (χ2n) is 8.26. The summed E-state index contributed by atoms with van der Waals surface area (Å²) in [5.41, 5.74) is -1.22. The van der Waals surface area contributed by atoms with Crippen molar-refractivity contribution in [2.24, 2.45) is 0 Å². The molecule has 174 valence electrons. The van der Waals surface area contributed by atoms with Crippen LogP contribution in [0.2, 0.25) is 0 Å². The summed E-state index contributed by atoms with van der Waals surface area (Å²) in [5.74, 6) is -0.452. The Balaban J connectivity index is 1.98. The van der Waals surface area contributed by atoms with E-state index in [4.69, 9.17) is 0 Å². The van der Waals surface area contributed by atoms with E-state index in [-0.39, 0.29) is 30.3 Å². The molecule has 0 spiro atoms. The fourth-order valence-corrected chi connectivity index (χ4v) is 4.06. The van der Waals surface area contributed by atoms with E-state index < -0.39 is 11.5 Å². The maximum atomic E-state index is 16.1. The topological polar surface area (TPSA) is 106 Å². The molecule has 1 aliphatic carbocycles. The molecule has 0 aliphatic heterocycles. The van der Waals surface area contributed by atoms with Gasteiger partial charge in [-0.05, 0) is 44.9 Å². The lowest BCUT2D eigenvalue weighted by Gasteiger charge is -2.25. The summed E-state index contributed by atoms with van der Waals surface area (Å²) in [7, 11) is 3.21. The van der Waals surface area contributed by atoms with Crippen LogP contribution in [-0.2, 0) is 33.0 Å². The third-order valence-corrected chi connectivity index (χ3v) is 5.98. The second kappa shape index (κ2) is 12.5. The number of carbonyl (C=O) groups excluding carboxylic acids is 3. The number of halogens is 1. The molecule has 8 nitrogen and oxygen atoms in total. The Morgan fingerprint density at radius 3 is 2.26 bits per heavy atom. The quantitative estimate of drug-likeness (QED) is 0.489. The van der Waals surface area contributed by atoms with Gasteiger partial charge in [-0.3, -0.25) is 14.4 Å². The molecule has 9 heteroatoms. The number of aromatic nitrogens is 3. The van der Waals surface area contributed by atoms with Gasteiger partial charge in [0, 0.05) is 39.9 Å². The first kappa shape index (κ1) is 24.9. The molecular formula is C22H36FN5O3. The Hall–Kier alpha value is -2.32. The van der Waals surface area contributed by atoms with E-state index in [1.807, 2.05) is 0 Å². The zero-order chi connectivity index (χ0) is 22.7. The summed E-state index contributed by atoms with van der Waals surface area (Å²) < 4.78 is 17.7. The zero-order valence-electron chi connectivity index (χ0n) is 18.8. The van der Waals surface area contributed by atoms with Crippen molar-refractivity contribution < 1.29 is 18.8 Å². The van der Waals surface area contributed by atoms with Crippen LogP contribution in [0.4, 0.5) is 4.39 Å². The number of amides is 2. The van der Waals surface area contributed by atoms with Gasteiger partial charge in [0.15, 0.2) is 5.78 Å². The number of unbranched alkanes of at least 4 members (excludes halogenated alkanes) is 3. The molecule has 1 aliphatic rings. The summed E-state index contributed by atoms with van der Waals surface area (Å²) in [6.07, 6.45) is 7.80. The molecule has 0 radical (unpaired) electrons. The average molecular weight is 438 g/mol. The minimum absolute atomic E-state index is 0.0132. The van der Waals surface area contributed by atoms with Crippen LogP contribution in [0.3, 0.4) is 0 Å². The Bertz CT molecular complexity index is 752. The van der Waals surface area contributed by atoms with E-state index in [1.54, 1.807) is 18.8 Å². The number of Topliss-reactive ketones (excluding diaryl/α,β-unsaturated/α-hetero) is 1. The number of nitrogens with one attached hydrogen (secondary N) is 2. The Morgan fingerprint density at radius 1 is 0.935 bits per heavy atom. The van der Waals surface area contributed by atoms with E-state index in [2.05, 4.69) is 20.9 Å². The molecule has 1 heterocycles. The molecular weight excluding hydrogens is 401 g/mol. The average Bonchev–Trinajstić information content (AvgIpc) is 3.16. The van der Waals surface area contributed by atoms with Gasteiger partial charge in [-0.1, -0.05) is 24.5 Å². The van der Waals surface area contributed by atoms with Crippen LogP contribution >= 0.6 is 0 Å². The predicted molar refractivity (Wildman–Crippen MR) is 115 cm³/mol. The standard InChI is InChI=1S/C22H36FN5O3/c1-24-19(30)13-8-4-3-7-12-18(29)22(23)15-9-5-6-11-17-21(22)26-27-28(17)16-10-14-20(31)25-2/h3-16H2,1-2H3,(H,24,30)(H,25,31). The third-order valence-electron chi connectivity index (χ3n) is 5.98. The van der Waals surface area contributed by atoms with Crippen LogP contribution in [-0.4, -0.2) is 46.7 Å². The SMILES string of the molecule is CNC(=O)CCCCCCC(=O)C1(F)CCCCCc2c1nnn2CCCC(=O)NC. The molecule has 31 heavy (non-hydrogen) atoms. The lowest BCUT2D eigenvalue weighted by atomic mass is 9.83. The van der Waals surface area contributed by atoms with E-state index in [1.165, 1.54) is 0 Å². The molecule has 2 amide bonds. The maximum absolute atomic E-state index is 16.1. The number of nitrogens with zero attached hydrogens (tertiary/aromatic N) is 3. The van der Waals surface area contributed by atoms with Gasteiger partial charge in [0.25, 0.3) is 0 Å². The van der Waals surface area contributed by atoms with Crippen molar-refractivity contribution in [3.05, 3.63) is 11.4 Å². The fourth-order valence-electron chi connectivity index (χ4n) is 4.06. The Kier molecular flexibility index (Phi) is 10.1. The van der Waals surface area contributed by atoms with E-state index in [9.17, 15) is 14.4 Å². The van der Waals surface area contributed by atoms with Crippen LogP contribution in [0.25, 0.3) is 0 Å². The monoisotopic (exact) mass is 437 g/mol. The molecule has 0 aromatic carbocycles. The fraction of sp³-hybridized carbons (Fsp3) is 0.773. The van der Waals surface area contributed by atoms with E-state index in [0.717, 1.165) is 32.1 Å². The van der Waals surface area contributed by atoms with Crippen molar-refractivity contribution in [1.29, 1.82) is 0 Å². The van der Waals surface area contributed by atoms with Crippen LogP contribution in [0.1, 0.15) is 88.4 Å². The minimum atomic E-state index is -2.09. The van der Waals surface area contributed by atoms with Gasteiger partial charge in [0.2, 0.25) is 17.5 Å². The van der Waals surface area contributed by atoms with Crippen LogP contribution in [0, 0.1) is 0 Å². The first-order valence-corrected chi connectivity index (χ1v) is 11.5. The lowest BCUT2D eigenvalue weighted by Crippen LogP contribution is -2.34. The van der Waals surface area contributed by atoms with Crippen LogP contribution in [0.5, 0.6) is 0 Å². The second-order valence-corrected chi connectivity index (χ2v) is 8.26. The molecule has 0 bridgehead atoms. The minimum Gasteiger partial charge on any atom is -0.359 e. The molecule has 2 N–H and O–H groups in total. The van der Waals surface area contributed by atoms with Crippen molar-refractivity contribution in [2.45, 2.75) is 95.7 Å². The highest BCUT2D eigenvalue weighted by atomic mass is 19.1. The smallest absolute Gasteiger partial charge is 0.219 e. The number of fused-ring (bicyclic) bond motifs is 1. The van der Waals surface area contributed by atoms with Crippen LogP contribution < -0.4 is 10.6 Å². The van der Waals surface area contributed by atoms with Crippen molar-refractivity contribution >= 4 is 17.6 Å². The van der Waals surface area contributed by atoms with Gasteiger partial charge in [-0.25, -0.2) is 9.07 Å². The number of alkyl halides is 1. The highest BCUT2D eigenvalue weighted by Crippen LogP contribution is 2.37. The predicted octanol–water partition coefficient (Wildman–Crippen LogP) is 2.74. The number of ketones is 1. The summed E-state index contributed by atoms with van der Waals surface area (Å²) in [4.78, 5) is 35.6. The van der Waals surface area contributed by atoms with Gasteiger partial charge in [-0.15, -0.1) is 5.10 Å². The Morgan fingerprint density at radius 2 is 1.58 bits per heavy atom. The number of aryl methyl sites for hydroxylation is 1. The van der Waals surface area contributed by atoms with Gasteiger partial charge in [0.1, 0.15) is 5.69 Å². The molecule has 0 saturated carbocycles. The molecule has 0 fully saturated rings. The molecule has 1 unspecified atom stereocenters. The lowest BCUT2D eigenvalue weighted by molar-refractivity contribution is -0.132. The van der Waals surface area contributed by atoms with Crippen molar-refractivity contribution in [1.82, 2.24) is 25.6 Å². The molecule has 2 rings (SSSR count). The summed E-state index contributed by atoms with van der Waals surface area (Å²) in [6, 6.07) is 0. The Labute approximate surface area is 183 Å².